The van der Waals surface area contributed by atoms with E-state index in [0.29, 0.717) is 12.3 Å². The predicted octanol–water partition coefficient (Wildman–Crippen LogP) is 0.725. The first-order valence-corrected chi connectivity index (χ1v) is 9.07. The van der Waals surface area contributed by atoms with Gasteiger partial charge in [0.2, 0.25) is 0 Å². The van der Waals surface area contributed by atoms with E-state index < -0.39 is 11.7 Å². The highest BCUT2D eigenvalue weighted by atomic mass is 16.8. The molecule has 27 heavy (non-hydrogen) atoms. The molecule has 2 aliphatic heterocycles. The molecule has 1 unspecified atom stereocenters. The maximum absolute atomic E-state index is 12.6. The maximum atomic E-state index is 12.6. The summed E-state index contributed by atoms with van der Waals surface area (Å²) in [5, 5.41) is 4.16. The third-order valence-corrected chi connectivity index (χ3v) is 4.66. The quantitative estimate of drug-likeness (QED) is 0.734. The lowest BCUT2D eigenvalue weighted by Gasteiger charge is -2.17. The van der Waals surface area contributed by atoms with E-state index in [1.807, 2.05) is 19.9 Å². The molecule has 3 N–H and O–H groups in total. The van der Waals surface area contributed by atoms with Gasteiger partial charge >= 0.3 is 0 Å². The lowest BCUT2D eigenvalue weighted by atomic mass is 10.3. The Morgan fingerprint density at radius 3 is 2.93 bits per heavy atom. The van der Waals surface area contributed by atoms with Crippen molar-refractivity contribution in [2.24, 2.45) is 0 Å². The van der Waals surface area contributed by atoms with Gasteiger partial charge < -0.3 is 20.1 Å². The minimum Gasteiger partial charge on any atom is -0.381 e. The number of nitrogens with two attached hydrogens (primary N) is 1. The number of ether oxygens (including phenoxy) is 2. The molecule has 0 saturated carbocycles. The molecule has 10 nitrogen and oxygen atoms in total. The average Bonchev–Trinajstić information content (AvgIpc) is 3.32. The van der Waals surface area contributed by atoms with Crippen LogP contribution in [0.2, 0.25) is 0 Å². The number of nitrogen functional groups attached to an aromatic ring is 1. The topological polar surface area (TPSA) is 116 Å². The zero-order valence-electron chi connectivity index (χ0n) is 15.5. The standard InChI is InChI=1S/C17H24N6O4/c1-17(2)25-9-11(27-17)10-26-21-16(24)13-14(18)20-23-8-5-12(19-15(13)23)22-6-3-4-7-22/h5,8,11H,3-4,6-7,9-10H2,1-2H3,(H2,18,20)(H,21,24). The number of rotatable bonds is 5. The van der Waals surface area contributed by atoms with E-state index in [4.69, 9.17) is 20.0 Å². The molecule has 1 atom stereocenters. The minimum absolute atomic E-state index is 0.101. The zero-order chi connectivity index (χ0) is 19.0. The summed E-state index contributed by atoms with van der Waals surface area (Å²) in [6, 6.07) is 1.88. The van der Waals surface area contributed by atoms with Crippen LogP contribution < -0.4 is 16.1 Å². The number of amides is 1. The number of carbonyl (C=O) groups excluding carboxylic acids is 1. The molecule has 0 radical (unpaired) electrons. The van der Waals surface area contributed by atoms with Crippen molar-refractivity contribution in [3.63, 3.8) is 0 Å². The summed E-state index contributed by atoms with van der Waals surface area (Å²) in [5.41, 5.74) is 8.94. The molecule has 4 rings (SSSR count). The van der Waals surface area contributed by atoms with Crippen LogP contribution in [-0.4, -0.2) is 58.7 Å². The van der Waals surface area contributed by atoms with Gasteiger partial charge in [0.1, 0.15) is 24.1 Å². The Hall–Kier alpha value is -2.43. The smallest absolute Gasteiger partial charge is 0.282 e. The Balaban J connectivity index is 1.46. The van der Waals surface area contributed by atoms with Gasteiger partial charge in [0, 0.05) is 19.3 Å². The summed E-state index contributed by atoms with van der Waals surface area (Å²) in [7, 11) is 0. The van der Waals surface area contributed by atoms with Crippen molar-refractivity contribution < 1.29 is 19.1 Å². The lowest BCUT2D eigenvalue weighted by Crippen LogP contribution is -2.31. The Labute approximate surface area is 156 Å². The molecule has 0 aliphatic carbocycles. The van der Waals surface area contributed by atoms with Gasteiger partial charge in [-0.3, -0.25) is 9.63 Å². The summed E-state index contributed by atoms with van der Waals surface area (Å²) >= 11 is 0. The van der Waals surface area contributed by atoms with Crippen LogP contribution in [0.15, 0.2) is 12.3 Å². The fourth-order valence-corrected chi connectivity index (χ4v) is 3.37. The molecule has 1 amide bonds. The number of nitrogens with zero attached hydrogens (tertiary/aromatic N) is 4. The second-order valence-corrected chi connectivity index (χ2v) is 7.20. The Morgan fingerprint density at radius 1 is 1.44 bits per heavy atom. The lowest BCUT2D eigenvalue weighted by molar-refractivity contribution is -0.147. The van der Waals surface area contributed by atoms with Crippen LogP contribution in [-0.2, 0) is 14.3 Å². The van der Waals surface area contributed by atoms with Gasteiger partial charge in [-0.05, 0) is 32.8 Å². The SMILES string of the molecule is CC1(C)OCC(CONC(=O)c2c(N)nn3ccc(N4CCCC4)nc23)O1. The second-order valence-electron chi connectivity index (χ2n) is 7.20. The molecule has 2 fully saturated rings. The Morgan fingerprint density at radius 2 is 2.22 bits per heavy atom. The fraction of sp³-hybridized carbons (Fsp3) is 0.588. The van der Waals surface area contributed by atoms with Crippen LogP contribution in [0.5, 0.6) is 0 Å². The van der Waals surface area contributed by atoms with E-state index in [9.17, 15) is 4.79 Å². The minimum atomic E-state index is -0.638. The molecular formula is C17H24N6O4. The number of carbonyl (C=O) groups is 1. The first-order chi connectivity index (χ1) is 12.9. The van der Waals surface area contributed by atoms with Gasteiger partial charge in [-0.1, -0.05) is 0 Å². The van der Waals surface area contributed by atoms with Crippen molar-refractivity contribution in [3.8, 4) is 0 Å². The highest BCUT2D eigenvalue weighted by Gasteiger charge is 2.33. The van der Waals surface area contributed by atoms with Crippen molar-refractivity contribution in [2.45, 2.75) is 38.6 Å². The molecule has 2 aliphatic rings. The van der Waals surface area contributed by atoms with E-state index in [-0.39, 0.29) is 24.1 Å². The molecule has 2 aromatic heterocycles. The Bertz CT molecular complexity index is 845. The van der Waals surface area contributed by atoms with Crippen LogP contribution in [0.1, 0.15) is 37.0 Å². The van der Waals surface area contributed by atoms with Gasteiger partial charge in [0.25, 0.3) is 5.91 Å². The second kappa shape index (κ2) is 6.95. The molecular weight excluding hydrogens is 352 g/mol. The third kappa shape index (κ3) is 3.68. The van der Waals surface area contributed by atoms with Gasteiger partial charge in [0.05, 0.1) is 6.61 Å². The van der Waals surface area contributed by atoms with E-state index in [1.165, 1.54) is 4.52 Å². The zero-order valence-corrected chi connectivity index (χ0v) is 15.5. The van der Waals surface area contributed by atoms with Crippen molar-refractivity contribution in [2.75, 3.05) is 36.9 Å². The van der Waals surface area contributed by atoms with E-state index in [1.54, 1.807) is 6.20 Å². The van der Waals surface area contributed by atoms with Crippen LogP contribution in [0.25, 0.3) is 5.65 Å². The van der Waals surface area contributed by atoms with Crippen LogP contribution in [0.4, 0.5) is 11.6 Å². The summed E-state index contributed by atoms with van der Waals surface area (Å²) in [6.07, 6.45) is 3.79. The van der Waals surface area contributed by atoms with Crippen LogP contribution >= 0.6 is 0 Å². The highest BCUT2D eigenvalue weighted by Crippen LogP contribution is 2.23. The van der Waals surface area contributed by atoms with Crippen molar-refractivity contribution in [3.05, 3.63) is 17.8 Å². The normalized spacial score (nSPS) is 21.9. The van der Waals surface area contributed by atoms with Gasteiger partial charge in [-0.15, -0.1) is 5.10 Å². The monoisotopic (exact) mass is 376 g/mol. The number of anilines is 2. The third-order valence-electron chi connectivity index (χ3n) is 4.66. The number of aromatic nitrogens is 3. The van der Waals surface area contributed by atoms with E-state index in [0.717, 1.165) is 31.7 Å². The van der Waals surface area contributed by atoms with Crippen LogP contribution in [0.3, 0.4) is 0 Å². The number of hydrogen-bond donors (Lipinski definition) is 2. The molecule has 0 bridgehead atoms. The number of hydroxylamine groups is 1. The van der Waals surface area contributed by atoms with Gasteiger partial charge in [0.15, 0.2) is 17.3 Å². The number of hydrogen-bond acceptors (Lipinski definition) is 8. The summed E-state index contributed by atoms with van der Waals surface area (Å²) in [5.74, 6) is -0.218. The first-order valence-electron chi connectivity index (χ1n) is 9.07. The molecule has 0 aromatic carbocycles. The molecule has 4 heterocycles. The van der Waals surface area contributed by atoms with Crippen LogP contribution in [0, 0.1) is 0 Å². The Kier molecular flexibility index (Phi) is 4.62. The molecule has 2 saturated heterocycles. The van der Waals surface area contributed by atoms with E-state index in [2.05, 4.69) is 20.5 Å². The molecule has 0 spiro atoms. The maximum Gasteiger partial charge on any atom is 0.282 e. The predicted molar refractivity (Wildman–Crippen MR) is 97.2 cm³/mol. The highest BCUT2D eigenvalue weighted by molar-refractivity contribution is 6.03. The number of nitrogens with one attached hydrogen (secondary N) is 1. The summed E-state index contributed by atoms with van der Waals surface area (Å²) < 4.78 is 12.6. The van der Waals surface area contributed by atoms with Gasteiger partial charge in [-0.25, -0.2) is 15.0 Å². The fourth-order valence-electron chi connectivity index (χ4n) is 3.37. The molecule has 10 heteroatoms. The summed E-state index contributed by atoms with van der Waals surface area (Å²) in [6.45, 7) is 6.14. The van der Waals surface area contributed by atoms with Gasteiger partial charge in [-0.2, -0.15) is 0 Å². The molecule has 2 aromatic rings. The van der Waals surface area contributed by atoms with Crippen molar-refractivity contribution in [1.82, 2.24) is 20.1 Å². The average molecular weight is 376 g/mol. The van der Waals surface area contributed by atoms with Crippen molar-refractivity contribution in [1.29, 1.82) is 0 Å². The number of fused-ring (bicyclic) bond motifs is 1. The first kappa shape index (κ1) is 18.0. The largest absolute Gasteiger partial charge is 0.381 e. The molecule has 146 valence electrons. The summed E-state index contributed by atoms with van der Waals surface area (Å²) in [4.78, 5) is 24.6. The van der Waals surface area contributed by atoms with Crippen molar-refractivity contribution >= 4 is 23.2 Å². The van der Waals surface area contributed by atoms with E-state index >= 15 is 0 Å².